The molecule has 2 N–H and O–H groups in total. The zero-order chi connectivity index (χ0) is 18.2. The lowest BCUT2D eigenvalue weighted by molar-refractivity contribution is 0.115. The number of hydrogen-bond acceptors (Lipinski definition) is 3. The number of guanidine groups is 1. The molecule has 1 unspecified atom stereocenters. The molecule has 1 saturated heterocycles. The summed E-state index contributed by atoms with van der Waals surface area (Å²) in [6, 6.07) is 3.44. The number of hydrogen-bond donors (Lipinski definition) is 2. The van der Waals surface area contributed by atoms with Crippen LogP contribution in [0.5, 0.6) is 0 Å². The van der Waals surface area contributed by atoms with Crippen LogP contribution >= 0.6 is 0 Å². The molecule has 0 aromatic carbocycles. The second kappa shape index (κ2) is 9.91. The van der Waals surface area contributed by atoms with Crippen molar-refractivity contribution in [2.45, 2.75) is 70.4 Å². The Balaban J connectivity index is 1.44. The van der Waals surface area contributed by atoms with Gasteiger partial charge in [-0.3, -0.25) is 14.9 Å². The molecule has 1 saturated carbocycles. The van der Waals surface area contributed by atoms with Gasteiger partial charge in [-0.15, -0.1) is 0 Å². The van der Waals surface area contributed by atoms with E-state index in [9.17, 15) is 0 Å². The Bertz CT molecular complexity index is 580. The molecule has 1 aliphatic carbocycles. The summed E-state index contributed by atoms with van der Waals surface area (Å²) >= 11 is 0. The number of likely N-dealkylation sites (tertiary alicyclic amines) is 1. The van der Waals surface area contributed by atoms with E-state index in [1.165, 1.54) is 62.6 Å². The van der Waals surface area contributed by atoms with E-state index in [1.807, 2.05) is 19.4 Å². The summed E-state index contributed by atoms with van der Waals surface area (Å²) in [7, 11) is 1.87. The van der Waals surface area contributed by atoms with E-state index in [2.05, 4.69) is 38.5 Å². The Kier molecular flexibility index (Phi) is 7.30. The largest absolute Gasteiger partial charge is 0.356 e. The van der Waals surface area contributed by atoms with Gasteiger partial charge in [0.15, 0.2) is 5.96 Å². The topological polar surface area (TPSA) is 52.6 Å². The van der Waals surface area contributed by atoms with E-state index in [4.69, 9.17) is 0 Å². The lowest BCUT2D eigenvalue weighted by atomic mass is 9.92. The molecule has 0 radical (unpaired) electrons. The van der Waals surface area contributed by atoms with Crippen LogP contribution in [0.15, 0.2) is 23.5 Å². The van der Waals surface area contributed by atoms with Gasteiger partial charge in [0.1, 0.15) is 0 Å². The van der Waals surface area contributed by atoms with Gasteiger partial charge in [-0.05, 0) is 62.8 Å². The number of aryl methyl sites for hydroxylation is 1. The van der Waals surface area contributed by atoms with E-state index in [0.29, 0.717) is 6.04 Å². The standard InChI is InChI=1S/C21H35N5/c1-17-15-23-12-10-18(17)11-13-24-21(22-2)25-19-7-6-14-26(16-19)20-8-4-3-5-9-20/h10,12,15,19-20H,3-9,11,13-14,16H2,1-2H3,(H2,22,24,25). The van der Waals surface area contributed by atoms with Gasteiger partial charge in [0.2, 0.25) is 0 Å². The summed E-state index contributed by atoms with van der Waals surface area (Å²) in [6.45, 7) is 5.45. The van der Waals surface area contributed by atoms with Gasteiger partial charge in [0.25, 0.3) is 0 Å². The third-order valence-corrected chi connectivity index (χ3v) is 5.93. The first kappa shape index (κ1) is 19.2. The average molecular weight is 358 g/mol. The highest BCUT2D eigenvalue weighted by molar-refractivity contribution is 5.80. The molecule has 1 aromatic heterocycles. The van der Waals surface area contributed by atoms with Crippen LogP contribution < -0.4 is 10.6 Å². The lowest BCUT2D eigenvalue weighted by Gasteiger charge is -2.40. The van der Waals surface area contributed by atoms with E-state index in [1.54, 1.807) is 0 Å². The van der Waals surface area contributed by atoms with Crippen molar-refractivity contribution >= 4 is 5.96 Å². The van der Waals surface area contributed by atoms with Crippen molar-refractivity contribution in [3.05, 3.63) is 29.6 Å². The fourth-order valence-electron chi connectivity index (χ4n) is 4.39. The first-order chi connectivity index (χ1) is 12.8. The molecule has 1 atom stereocenters. The van der Waals surface area contributed by atoms with E-state index in [0.717, 1.165) is 31.5 Å². The van der Waals surface area contributed by atoms with Crippen molar-refractivity contribution in [2.75, 3.05) is 26.7 Å². The van der Waals surface area contributed by atoms with Crippen molar-refractivity contribution < 1.29 is 0 Å². The minimum absolute atomic E-state index is 0.513. The fourth-order valence-corrected chi connectivity index (χ4v) is 4.39. The number of aliphatic imine (C=N–C) groups is 1. The first-order valence-corrected chi connectivity index (χ1v) is 10.4. The quantitative estimate of drug-likeness (QED) is 0.628. The van der Waals surface area contributed by atoms with Crippen molar-refractivity contribution in [3.63, 3.8) is 0 Å². The fraction of sp³-hybridized carbons (Fsp3) is 0.714. The van der Waals surface area contributed by atoms with Crippen LogP contribution in [-0.2, 0) is 6.42 Å². The van der Waals surface area contributed by atoms with E-state index >= 15 is 0 Å². The second-order valence-corrected chi connectivity index (χ2v) is 7.82. The molecule has 1 aromatic rings. The molecule has 2 heterocycles. The highest BCUT2D eigenvalue weighted by atomic mass is 15.2. The van der Waals surface area contributed by atoms with Crippen LogP contribution in [-0.4, -0.2) is 54.6 Å². The lowest BCUT2D eigenvalue weighted by Crippen LogP contribution is -2.53. The van der Waals surface area contributed by atoms with Crippen LogP contribution in [0.4, 0.5) is 0 Å². The Morgan fingerprint density at radius 1 is 1.23 bits per heavy atom. The molecule has 1 aliphatic heterocycles. The minimum atomic E-state index is 0.513. The van der Waals surface area contributed by atoms with Crippen LogP contribution in [0.3, 0.4) is 0 Å². The maximum absolute atomic E-state index is 4.44. The zero-order valence-corrected chi connectivity index (χ0v) is 16.5. The number of aromatic nitrogens is 1. The predicted octanol–water partition coefficient (Wildman–Crippen LogP) is 2.89. The molecule has 2 fully saturated rings. The summed E-state index contributed by atoms with van der Waals surface area (Å²) in [5, 5.41) is 7.15. The van der Waals surface area contributed by atoms with Crippen LogP contribution in [0.1, 0.15) is 56.1 Å². The van der Waals surface area contributed by atoms with Gasteiger partial charge in [-0.1, -0.05) is 19.3 Å². The molecule has 0 bridgehead atoms. The van der Waals surface area contributed by atoms with Crippen molar-refractivity contribution in [2.24, 2.45) is 4.99 Å². The number of rotatable bonds is 5. The number of nitrogens with one attached hydrogen (secondary N) is 2. The summed E-state index contributed by atoms with van der Waals surface area (Å²) in [4.78, 5) is 11.3. The van der Waals surface area contributed by atoms with Gasteiger partial charge in [-0.25, -0.2) is 0 Å². The van der Waals surface area contributed by atoms with Gasteiger partial charge >= 0.3 is 0 Å². The Morgan fingerprint density at radius 2 is 2.08 bits per heavy atom. The Hall–Kier alpha value is -1.62. The molecular formula is C21H35N5. The molecule has 3 rings (SSSR count). The highest BCUT2D eigenvalue weighted by Crippen LogP contribution is 2.25. The molecule has 2 aliphatic rings. The maximum Gasteiger partial charge on any atom is 0.191 e. The third-order valence-electron chi connectivity index (χ3n) is 5.93. The highest BCUT2D eigenvalue weighted by Gasteiger charge is 2.27. The number of nitrogens with zero attached hydrogens (tertiary/aromatic N) is 3. The van der Waals surface area contributed by atoms with Gasteiger partial charge in [0, 0.05) is 44.6 Å². The zero-order valence-electron chi connectivity index (χ0n) is 16.5. The summed E-state index contributed by atoms with van der Waals surface area (Å²) in [6.07, 6.45) is 14.4. The molecule has 0 spiro atoms. The maximum atomic E-state index is 4.44. The summed E-state index contributed by atoms with van der Waals surface area (Å²) in [5.41, 5.74) is 2.61. The molecule has 144 valence electrons. The number of pyridine rings is 1. The van der Waals surface area contributed by atoms with Crippen LogP contribution in [0.2, 0.25) is 0 Å². The Labute approximate surface area is 158 Å². The average Bonchev–Trinajstić information content (AvgIpc) is 2.69. The summed E-state index contributed by atoms with van der Waals surface area (Å²) < 4.78 is 0. The molecule has 26 heavy (non-hydrogen) atoms. The van der Waals surface area contributed by atoms with Crippen LogP contribution in [0, 0.1) is 6.92 Å². The molecular weight excluding hydrogens is 322 g/mol. The monoisotopic (exact) mass is 357 g/mol. The summed E-state index contributed by atoms with van der Waals surface area (Å²) in [5.74, 6) is 0.937. The molecule has 0 amide bonds. The smallest absolute Gasteiger partial charge is 0.191 e. The molecule has 5 heteroatoms. The number of piperidine rings is 1. The molecule has 5 nitrogen and oxygen atoms in total. The van der Waals surface area contributed by atoms with Gasteiger partial charge in [-0.2, -0.15) is 0 Å². The second-order valence-electron chi connectivity index (χ2n) is 7.82. The first-order valence-electron chi connectivity index (χ1n) is 10.4. The van der Waals surface area contributed by atoms with Crippen LogP contribution in [0.25, 0.3) is 0 Å². The van der Waals surface area contributed by atoms with Crippen molar-refractivity contribution in [3.8, 4) is 0 Å². The van der Waals surface area contributed by atoms with Gasteiger partial charge in [0.05, 0.1) is 0 Å². The normalized spacial score (nSPS) is 23.0. The van der Waals surface area contributed by atoms with Crippen molar-refractivity contribution in [1.29, 1.82) is 0 Å². The minimum Gasteiger partial charge on any atom is -0.356 e. The van der Waals surface area contributed by atoms with Crippen molar-refractivity contribution in [1.82, 2.24) is 20.5 Å². The van der Waals surface area contributed by atoms with E-state index < -0.39 is 0 Å². The predicted molar refractivity (Wildman–Crippen MR) is 109 cm³/mol. The Morgan fingerprint density at radius 3 is 2.85 bits per heavy atom. The van der Waals surface area contributed by atoms with Gasteiger partial charge < -0.3 is 10.6 Å². The van der Waals surface area contributed by atoms with E-state index in [-0.39, 0.29) is 0 Å². The third kappa shape index (κ3) is 5.44. The SMILES string of the molecule is CN=C(NCCc1ccncc1C)NC1CCCN(C2CCCCC2)C1.